The van der Waals surface area contributed by atoms with Crippen molar-refractivity contribution in [3.8, 4) is 0 Å². The number of carbonyl (C=O) groups excluding carboxylic acids is 2. The van der Waals surface area contributed by atoms with Crippen molar-refractivity contribution in [1.82, 2.24) is 9.88 Å². The average Bonchev–Trinajstić information content (AvgIpc) is 3.36. The van der Waals surface area contributed by atoms with E-state index in [1.807, 2.05) is 4.90 Å². The van der Waals surface area contributed by atoms with Gasteiger partial charge in [-0.1, -0.05) is 55.8 Å². The molecule has 1 unspecified atom stereocenters. The Kier molecular flexibility index (Phi) is 8.75. The van der Waals surface area contributed by atoms with Crippen molar-refractivity contribution in [2.45, 2.75) is 62.8 Å². The summed E-state index contributed by atoms with van der Waals surface area (Å²) in [5.74, 6) is 0.597. The number of hydrogen-bond donors (Lipinski definition) is 0. The number of unbranched alkanes of at least 4 members (excludes halogenated alkanes) is 2. The highest BCUT2D eigenvalue weighted by atomic mass is 32.2. The molecule has 1 saturated heterocycles. The van der Waals surface area contributed by atoms with Crippen LogP contribution in [0.25, 0.3) is 0 Å². The zero-order valence-electron chi connectivity index (χ0n) is 17.8. The number of aryl methyl sites for hydroxylation is 1. The van der Waals surface area contributed by atoms with E-state index < -0.39 is 0 Å². The summed E-state index contributed by atoms with van der Waals surface area (Å²) in [5, 5.41) is 1.73. The zero-order valence-corrected chi connectivity index (χ0v) is 19.4. The van der Waals surface area contributed by atoms with Gasteiger partial charge in [0, 0.05) is 24.1 Å². The number of nitrogens with zero attached hydrogens (tertiary/aromatic N) is 2. The first-order valence-electron chi connectivity index (χ1n) is 10.8. The number of ether oxygens (including phenoxy) is 1. The van der Waals surface area contributed by atoms with Gasteiger partial charge >= 0.3 is 5.97 Å². The maximum Gasteiger partial charge on any atom is 0.357 e. The summed E-state index contributed by atoms with van der Waals surface area (Å²) in [4.78, 5) is 30.5. The molecule has 1 fully saturated rings. The van der Waals surface area contributed by atoms with Crippen LogP contribution in [0.4, 0.5) is 0 Å². The second kappa shape index (κ2) is 11.5. The van der Waals surface area contributed by atoms with Crippen LogP contribution in [-0.4, -0.2) is 40.7 Å². The van der Waals surface area contributed by atoms with Gasteiger partial charge in [0.15, 0.2) is 10.0 Å². The van der Waals surface area contributed by atoms with E-state index in [-0.39, 0.29) is 17.9 Å². The molecule has 7 heteroatoms. The van der Waals surface area contributed by atoms with Crippen molar-refractivity contribution in [1.29, 1.82) is 0 Å². The molecule has 0 spiro atoms. The third-order valence-electron chi connectivity index (χ3n) is 5.29. The van der Waals surface area contributed by atoms with Gasteiger partial charge in [-0.05, 0) is 37.3 Å². The third-order valence-corrected chi connectivity index (χ3v) is 7.29. The maximum absolute atomic E-state index is 12.4. The molecular weight excluding hydrogens is 416 g/mol. The number of carbonyl (C=O) groups is 2. The van der Waals surface area contributed by atoms with Crippen LogP contribution in [0, 0.1) is 0 Å². The molecule has 0 aliphatic carbocycles. The predicted molar refractivity (Wildman–Crippen MR) is 122 cm³/mol. The lowest BCUT2D eigenvalue weighted by Crippen LogP contribution is -2.29. The molecule has 1 amide bonds. The van der Waals surface area contributed by atoms with Gasteiger partial charge in [0.25, 0.3) is 0 Å². The highest BCUT2D eigenvalue weighted by molar-refractivity contribution is 8.01. The van der Waals surface area contributed by atoms with E-state index in [1.54, 1.807) is 24.1 Å². The SMILES string of the molecule is CCCCCc1ccc(C2CCC(=O)N2CCSc2nc(C(=O)OCC)cs2)cc1. The summed E-state index contributed by atoms with van der Waals surface area (Å²) in [6.45, 7) is 5.03. The van der Waals surface area contributed by atoms with Gasteiger partial charge in [-0.2, -0.15) is 0 Å². The number of rotatable bonds is 11. The van der Waals surface area contributed by atoms with Crippen molar-refractivity contribution < 1.29 is 14.3 Å². The van der Waals surface area contributed by atoms with Crippen molar-refractivity contribution in [3.63, 3.8) is 0 Å². The number of aromatic nitrogens is 1. The van der Waals surface area contributed by atoms with Crippen molar-refractivity contribution in [2.75, 3.05) is 18.9 Å². The molecule has 1 aliphatic heterocycles. The van der Waals surface area contributed by atoms with E-state index in [0.29, 0.717) is 25.3 Å². The van der Waals surface area contributed by atoms with Crippen molar-refractivity contribution in [3.05, 3.63) is 46.5 Å². The standard InChI is InChI=1S/C23H30N2O3S2/c1-3-5-6-7-17-8-10-18(11-9-17)20-12-13-21(26)25(20)14-15-29-23-24-19(16-30-23)22(27)28-4-2/h8-11,16,20H,3-7,12-15H2,1-2H3. The van der Waals surface area contributed by atoms with Crippen LogP contribution in [0.5, 0.6) is 0 Å². The van der Waals surface area contributed by atoms with Crippen LogP contribution in [-0.2, 0) is 16.0 Å². The number of amides is 1. The van der Waals surface area contributed by atoms with E-state index in [1.165, 1.54) is 41.7 Å². The lowest BCUT2D eigenvalue weighted by atomic mass is 10.0. The Morgan fingerprint density at radius 1 is 1.27 bits per heavy atom. The lowest BCUT2D eigenvalue weighted by Gasteiger charge is -2.25. The molecule has 1 aromatic heterocycles. The largest absolute Gasteiger partial charge is 0.461 e. The van der Waals surface area contributed by atoms with E-state index in [4.69, 9.17) is 4.74 Å². The van der Waals surface area contributed by atoms with Gasteiger partial charge < -0.3 is 9.64 Å². The van der Waals surface area contributed by atoms with Gasteiger partial charge in [0.05, 0.1) is 12.6 Å². The number of thioether (sulfide) groups is 1. The normalized spacial score (nSPS) is 16.3. The Balaban J connectivity index is 1.53. The van der Waals surface area contributed by atoms with Crippen LogP contribution in [0.3, 0.4) is 0 Å². The quantitative estimate of drug-likeness (QED) is 0.259. The van der Waals surface area contributed by atoms with Gasteiger partial charge in [-0.3, -0.25) is 4.79 Å². The molecule has 1 aliphatic rings. The van der Waals surface area contributed by atoms with E-state index in [2.05, 4.69) is 36.2 Å². The molecule has 1 aromatic carbocycles. The monoisotopic (exact) mass is 446 g/mol. The number of esters is 1. The molecule has 0 N–H and O–H groups in total. The van der Waals surface area contributed by atoms with Crippen molar-refractivity contribution >= 4 is 35.0 Å². The summed E-state index contributed by atoms with van der Waals surface area (Å²) in [7, 11) is 0. The summed E-state index contributed by atoms with van der Waals surface area (Å²) in [6.07, 6.45) is 6.35. The predicted octanol–water partition coefficient (Wildman–Crippen LogP) is 5.51. The Bertz CT molecular complexity index is 835. The smallest absolute Gasteiger partial charge is 0.357 e. The van der Waals surface area contributed by atoms with E-state index in [0.717, 1.165) is 22.9 Å². The van der Waals surface area contributed by atoms with Gasteiger partial charge in [-0.25, -0.2) is 9.78 Å². The van der Waals surface area contributed by atoms with Crippen molar-refractivity contribution in [2.24, 2.45) is 0 Å². The Labute approximate surface area is 187 Å². The first-order chi connectivity index (χ1) is 14.6. The maximum atomic E-state index is 12.4. The molecule has 2 aromatic rings. The zero-order chi connectivity index (χ0) is 21.3. The first kappa shape index (κ1) is 22.8. The van der Waals surface area contributed by atoms with Crippen LogP contribution in [0.2, 0.25) is 0 Å². The van der Waals surface area contributed by atoms with Crippen LogP contribution in [0.15, 0.2) is 34.0 Å². The number of likely N-dealkylation sites (tertiary alicyclic amines) is 1. The lowest BCUT2D eigenvalue weighted by molar-refractivity contribution is -0.128. The fourth-order valence-electron chi connectivity index (χ4n) is 3.70. The van der Waals surface area contributed by atoms with E-state index >= 15 is 0 Å². The molecule has 0 saturated carbocycles. The Morgan fingerprint density at radius 3 is 2.80 bits per heavy atom. The minimum absolute atomic E-state index is 0.161. The summed E-state index contributed by atoms with van der Waals surface area (Å²) >= 11 is 3.02. The third kappa shape index (κ3) is 6.08. The van der Waals surface area contributed by atoms with Gasteiger partial charge in [0.2, 0.25) is 5.91 Å². The topological polar surface area (TPSA) is 59.5 Å². The Morgan fingerprint density at radius 2 is 2.07 bits per heavy atom. The second-order valence-corrected chi connectivity index (χ2v) is 9.61. The summed E-state index contributed by atoms with van der Waals surface area (Å²) < 4.78 is 5.81. The molecule has 1 atom stereocenters. The number of thiazole rings is 1. The van der Waals surface area contributed by atoms with Gasteiger partial charge in [0.1, 0.15) is 0 Å². The molecule has 5 nitrogen and oxygen atoms in total. The Hall–Kier alpha value is -1.86. The number of hydrogen-bond acceptors (Lipinski definition) is 6. The molecule has 2 heterocycles. The molecular formula is C23H30N2O3S2. The highest BCUT2D eigenvalue weighted by Crippen LogP contribution is 2.34. The highest BCUT2D eigenvalue weighted by Gasteiger charge is 2.31. The second-order valence-electron chi connectivity index (χ2n) is 7.41. The molecule has 30 heavy (non-hydrogen) atoms. The summed E-state index contributed by atoms with van der Waals surface area (Å²) in [6, 6.07) is 8.98. The minimum atomic E-state index is -0.381. The fourth-order valence-corrected chi connectivity index (χ4v) is 5.50. The fraction of sp³-hybridized carbons (Fsp3) is 0.522. The molecule has 3 rings (SSSR count). The van der Waals surface area contributed by atoms with Gasteiger partial charge in [-0.15, -0.1) is 11.3 Å². The average molecular weight is 447 g/mol. The molecule has 0 radical (unpaired) electrons. The minimum Gasteiger partial charge on any atom is -0.461 e. The van der Waals surface area contributed by atoms with Crippen LogP contribution in [0.1, 0.15) is 73.6 Å². The van der Waals surface area contributed by atoms with E-state index in [9.17, 15) is 9.59 Å². The first-order valence-corrected chi connectivity index (χ1v) is 12.6. The molecule has 162 valence electrons. The van der Waals surface area contributed by atoms with Crippen LogP contribution < -0.4 is 0 Å². The number of benzene rings is 1. The van der Waals surface area contributed by atoms with Crippen LogP contribution >= 0.6 is 23.1 Å². The molecule has 0 bridgehead atoms. The summed E-state index contributed by atoms with van der Waals surface area (Å²) in [5.41, 5.74) is 2.96.